The Morgan fingerprint density at radius 1 is 1.24 bits per heavy atom. The zero-order valence-corrected chi connectivity index (χ0v) is 9.50. The minimum Gasteiger partial charge on any atom is -0.356 e. The zero-order valence-electron chi connectivity index (χ0n) is 9.50. The maximum Gasteiger partial charge on any atom is 0.189 e. The first-order valence-corrected chi connectivity index (χ1v) is 6.07. The summed E-state index contributed by atoms with van der Waals surface area (Å²) >= 11 is 0. The molecule has 0 aliphatic heterocycles. The van der Waals surface area contributed by atoms with Crippen molar-refractivity contribution in [1.82, 2.24) is 4.98 Å². The van der Waals surface area contributed by atoms with Gasteiger partial charge in [-0.3, -0.25) is 4.79 Å². The van der Waals surface area contributed by atoms with E-state index in [4.69, 9.17) is 0 Å². The molecule has 0 amide bonds. The Labute approximate surface area is 98.5 Å². The summed E-state index contributed by atoms with van der Waals surface area (Å²) in [7, 11) is 0. The molecule has 2 aromatic rings. The number of H-pyrrole nitrogens is 1. The molecule has 17 heavy (non-hydrogen) atoms. The van der Waals surface area contributed by atoms with E-state index >= 15 is 0 Å². The summed E-state index contributed by atoms with van der Waals surface area (Å²) in [5.74, 6) is 0.0474. The van der Waals surface area contributed by atoms with Crippen LogP contribution in [0.5, 0.6) is 0 Å². The number of fused-ring (bicyclic) bond motifs is 1. The number of aromatic amines is 1. The first-order chi connectivity index (χ1) is 8.25. The van der Waals surface area contributed by atoms with Crippen LogP contribution in [-0.2, 0) is 0 Å². The summed E-state index contributed by atoms with van der Waals surface area (Å²) in [6.07, 6.45) is 4.58. The molecular formula is C14H14FNO. The third-order valence-corrected chi connectivity index (χ3v) is 3.63. The van der Waals surface area contributed by atoms with Crippen LogP contribution in [0.1, 0.15) is 37.3 Å². The number of benzene rings is 1. The molecule has 88 valence electrons. The quantitative estimate of drug-likeness (QED) is 0.802. The van der Waals surface area contributed by atoms with Gasteiger partial charge in [-0.1, -0.05) is 18.9 Å². The van der Waals surface area contributed by atoms with Crippen molar-refractivity contribution in [3.8, 4) is 0 Å². The molecule has 0 radical (unpaired) electrons. The highest BCUT2D eigenvalue weighted by molar-refractivity contribution is 5.79. The Kier molecular flexibility index (Phi) is 2.46. The van der Waals surface area contributed by atoms with Gasteiger partial charge in [-0.05, 0) is 30.9 Å². The summed E-state index contributed by atoms with van der Waals surface area (Å²) in [6.45, 7) is 0. The lowest BCUT2D eigenvalue weighted by Crippen LogP contribution is -2.08. The molecule has 0 spiro atoms. The van der Waals surface area contributed by atoms with Crippen LogP contribution in [0.4, 0.5) is 4.39 Å². The number of pyridine rings is 1. The molecule has 1 aromatic carbocycles. The molecule has 1 aliphatic carbocycles. The zero-order chi connectivity index (χ0) is 11.8. The van der Waals surface area contributed by atoms with E-state index in [1.54, 1.807) is 18.2 Å². The monoisotopic (exact) mass is 231 g/mol. The van der Waals surface area contributed by atoms with Crippen molar-refractivity contribution in [2.24, 2.45) is 0 Å². The molecule has 2 nitrogen and oxygen atoms in total. The van der Waals surface area contributed by atoms with Gasteiger partial charge < -0.3 is 4.98 Å². The lowest BCUT2D eigenvalue weighted by molar-refractivity contribution is 0.633. The van der Waals surface area contributed by atoms with Gasteiger partial charge in [0.1, 0.15) is 5.82 Å². The summed E-state index contributed by atoms with van der Waals surface area (Å²) in [6, 6.07) is 6.26. The van der Waals surface area contributed by atoms with Crippen molar-refractivity contribution < 1.29 is 4.39 Å². The van der Waals surface area contributed by atoms with Gasteiger partial charge in [0.15, 0.2) is 5.43 Å². The van der Waals surface area contributed by atoms with E-state index in [1.165, 1.54) is 18.9 Å². The average Bonchev–Trinajstić information content (AvgIpc) is 2.84. The van der Waals surface area contributed by atoms with E-state index in [9.17, 15) is 9.18 Å². The maximum absolute atomic E-state index is 13.7. The third-order valence-electron chi connectivity index (χ3n) is 3.63. The Bertz CT molecular complexity index is 611. The van der Waals surface area contributed by atoms with Crippen molar-refractivity contribution in [3.05, 3.63) is 46.0 Å². The SMILES string of the molecule is O=c1cc(C2CCCC2)[nH]c2c(F)cccc12. The number of hydrogen-bond donors (Lipinski definition) is 1. The molecule has 0 atom stereocenters. The van der Waals surface area contributed by atoms with E-state index in [-0.39, 0.29) is 11.2 Å². The lowest BCUT2D eigenvalue weighted by Gasteiger charge is -2.10. The van der Waals surface area contributed by atoms with Crippen molar-refractivity contribution in [2.75, 3.05) is 0 Å². The molecule has 0 bridgehead atoms. The number of para-hydroxylation sites is 1. The summed E-state index contributed by atoms with van der Waals surface area (Å²) in [5, 5.41) is 0.437. The fourth-order valence-electron chi connectivity index (χ4n) is 2.71. The van der Waals surface area contributed by atoms with Crippen LogP contribution >= 0.6 is 0 Å². The van der Waals surface area contributed by atoms with Gasteiger partial charge in [0.05, 0.1) is 5.52 Å². The lowest BCUT2D eigenvalue weighted by atomic mass is 10.0. The van der Waals surface area contributed by atoms with E-state index in [1.807, 2.05) is 0 Å². The first-order valence-electron chi connectivity index (χ1n) is 6.07. The number of halogens is 1. The molecule has 1 N–H and O–H groups in total. The minimum absolute atomic E-state index is 0.0832. The van der Waals surface area contributed by atoms with Crippen molar-refractivity contribution in [3.63, 3.8) is 0 Å². The fraction of sp³-hybridized carbons (Fsp3) is 0.357. The minimum atomic E-state index is -0.348. The largest absolute Gasteiger partial charge is 0.356 e. The van der Waals surface area contributed by atoms with Crippen LogP contribution in [0.2, 0.25) is 0 Å². The second-order valence-corrected chi connectivity index (χ2v) is 4.73. The topological polar surface area (TPSA) is 32.9 Å². The maximum atomic E-state index is 13.7. The van der Waals surface area contributed by atoms with Gasteiger partial charge in [-0.25, -0.2) is 4.39 Å². The number of hydrogen-bond acceptors (Lipinski definition) is 1. The molecule has 0 unspecified atom stereocenters. The van der Waals surface area contributed by atoms with Crippen LogP contribution in [0.3, 0.4) is 0 Å². The van der Waals surface area contributed by atoms with E-state index in [0.717, 1.165) is 18.5 Å². The van der Waals surface area contributed by atoms with Crippen LogP contribution in [0, 0.1) is 5.82 Å². The van der Waals surface area contributed by atoms with E-state index in [2.05, 4.69) is 4.98 Å². The van der Waals surface area contributed by atoms with Gasteiger partial charge in [0.25, 0.3) is 0 Å². The Hall–Kier alpha value is -1.64. The molecule has 3 heteroatoms. The van der Waals surface area contributed by atoms with Crippen molar-refractivity contribution in [1.29, 1.82) is 0 Å². The van der Waals surface area contributed by atoms with Crippen LogP contribution < -0.4 is 5.43 Å². The highest BCUT2D eigenvalue weighted by Crippen LogP contribution is 2.33. The predicted molar refractivity (Wildman–Crippen MR) is 65.7 cm³/mol. The molecule has 1 heterocycles. The van der Waals surface area contributed by atoms with Gasteiger partial charge in [0.2, 0.25) is 0 Å². The smallest absolute Gasteiger partial charge is 0.189 e. The van der Waals surface area contributed by atoms with Gasteiger partial charge in [-0.15, -0.1) is 0 Å². The van der Waals surface area contributed by atoms with Crippen molar-refractivity contribution >= 4 is 10.9 Å². The van der Waals surface area contributed by atoms with Crippen LogP contribution in [-0.4, -0.2) is 4.98 Å². The van der Waals surface area contributed by atoms with Gasteiger partial charge in [0, 0.05) is 17.1 Å². The molecule has 3 rings (SSSR count). The molecule has 0 saturated heterocycles. The number of nitrogens with one attached hydrogen (secondary N) is 1. The summed E-state index contributed by atoms with van der Waals surface area (Å²) < 4.78 is 13.7. The summed E-state index contributed by atoms with van der Waals surface area (Å²) in [5.41, 5.74) is 1.16. The fourth-order valence-corrected chi connectivity index (χ4v) is 2.71. The van der Waals surface area contributed by atoms with E-state index in [0.29, 0.717) is 16.8 Å². The third kappa shape index (κ3) is 1.75. The highest BCUT2D eigenvalue weighted by Gasteiger charge is 2.19. The Balaban J connectivity index is 2.22. The Morgan fingerprint density at radius 3 is 2.76 bits per heavy atom. The van der Waals surface area contributed by atoms with Crippen molar-refractivity contribution in [2.45, 2.75) is 31.6 Å². The molecular weight excluding hydrogens is 217 g/mol. The standard InChI is InChI=1S/C14H14FNO/c15-11-7-3-6-10-13(17)8-12(16-14(10)11)9-4-1-2-5-9/h3,6-9H,1-2,4-5H2,(H,16,17). The van der Waals surface area contributed by atoms with E-state index < -0.39 is 0 Å². The first kappa shape index (κ1) is 10.5. The van der Waals surface area contributed by atoms with Gasteiger partial charge >= 0.3 is 0 Å². The van der Waals surface area contributed by atoms with Gasteiger partial charge in [-0.2, -0.15) is 0 Å². The highest BCUT2D eigenvalue weighted by atomic mass is 19.1. The molecule has 1 saturated carbocycles. The summed E-state index contributed by atoms with van der Waals surface area (Å²) in [4.78, 5) is 15.0. The second kappa shape index (κ2) is 3.99. The molecule has 1 fully saturated rings. The molecule has 1 aromatic heterocycles. The Morgan fingerprint density at radius 2 is 2.00 bits per heavy atom. The number of aromatic nitrogens is 1. The molecule has 1 aliphatic rings. The van der Waals surface area contributed by atoms with Crippen LogP contribution in [0.15, 0.2) is 29.1 Å². The normalized spacial score (nSPS) is 16.8. The number of rotatable bonds is 1. The second-order valence-electron chi connectivity index (χ2n) is 4.73. The van der Waals surface area contributed by atoms with Crippen LogP contribution in [0.25, 0.3) is 10.9 Å². The predicted octanol–water partition coefficient (Wildman–Crippen LogP) is 3.32. The average molecular weight is 231 g/mol.